The highest BCUT2D eigenvalue weighted by Crippen LogP contribution is 2.43. The predicted octanol–water partition coefficient (Wildman–Crippen LogP) is 11.1. The lowest BCUT2D eigenvalue weighted by atomic mass is 10.1. The van der Waals surface area contributed by atoms with Crippen molar-refractivity contribution in [2.45, 2.75) is 199 Å². The van der Waals surface area contributed by atoms with Crippen molar-refractivity contribution < 1.29 is 42.7 Å². The summed E-state index contributed by atoms with van der Waals surface area (Å²) in [4.78, 5) is 33.5. The molecule has 3 unspecified atom stereocenters. The lowest BCUT2D eigenvalue weighted by Gasteiger charge is -2.20. The van der Waals surface area contributed by atoms with Gasteiger partial charge in [0, 0.05) is 13.0 Å². The molecule has 4 N–H and O–H groups in total. The molecule has 0 aromatic rings. The number of unbranched alkanes of at least 4 members (excludes halogenated alkanes) is 22. The number of hydrogen-bond donors (Lipinski definition) is 3. The number of hydrogen-bond acceptors (Lipinski definition) is 8. The number of carbonyl (C=O) groups excluding carboxylic acids is 1. The fraction of sp³-hybridized carbons (Fsp3) is 0.854. The van der Waals surface area contributed by atoms with Gasteiger partial charge in [0.25, 0.3) is 0 Å². The number of nitrogens with two attached hydrogens (primary N) is 1. The summed E-state index contributed by atoms with van der Waals surface area (Å²) in [7, 11) is -4.61. The zero-order valence-electron chi connectivity index (χ0n) is 33.2. The molecule has 0 aliphatic heterocycles. The van der Waals surface area contributed by atoms with E-state index in [4.69, 9.17) is 29.4 Å². The highest BCUT2D eigenvalue weighted by Gasteiger charge is 2.27. The van der Waals surface area contributed by atoms with E-state index in [1.165, 1.54) is 103 Å². The summed E-state index contributed by atoms with van der Waals surface area (Å²) in [6, 6.07) is -1.47. The van der Waals surface area contributed by atoms with Gasteiger partial charge in [-0.3, -0.25) is 18.6 Å². The molecular formula is C41H78NO9P. The second-order valence-electron chi connectivity index (χ2n) is 14.1. The van der Waals surface area contributed by atoms with E-state index in [2.05, 4.69) is 38.2 Å². The number of esters is 1. The van der Waals surface area contributed by atoms with E-state index in [1.54, 1.807) is 0 Å². The van der Waals surface area contributed by atoms with Gasteiger partial charge in [0.1, 0.15) is 12.1 Å². The Kier molecular flexibility index (Phi) is 36.6. The van der Waals surface area contributed by atoms with Gasteiger partial charge < -0.3 is 25.2 Å². The highest BCUT2D eigenvalue weighted by atomic mass is 31.2. The zero-order valence-corrected chi connectivity index (χ0v) is 34.1. The summed E-state index contributed by atoms with van der Waals surface area (Å²) >= 11 is 0. The number of ether oxygens (including phenoxy) is 2. The number of phosphoric ester groups is 1. The van der Waals surface area contributed by atoms with Crippen LogP contribution in [0.25, 0.3) is 0 Å². The minimum absolute atomic E-state index is 0.0115. The molecular weight excluding hydrogens is 681 g/mol. The van der Waals surface area contributed by atoms with E-state index in [-0.39, 0.29) is 13.0 Å². The number of carbonyl (C=O) groups is 2. The highest BCUT2D eigenvalue weighted by molar-refractivity contribution is 7.47. The van der Waals surface area contributed by atoms with Crippen molar-refractivity contribution in [1.29, 1.82) is 0 Å². The largest absolute Gasteiger partial charge is 0.480 e. The van der Waals surface area contributed by atoms with E-state index in [9.17, 15) is 19.0 Å². The van der Waals surface area contributed by atoms with Gasteiger partial charge >= 0.3 is 19.8 Å². The molecule has 0 fully saturated rings. The number of rotatable bonds is 40. The fourth-order valence-electron chi connectivity index (χ4n) is 5.65. The maximum absolute atomic E-state index is 12.6. The van der Waals surface area contributed by atoms with E-state index in [0.717, 1.165) is 57.8 Å². The van der Waals surface area contributed by atoms with Gasteiger partial charge in [-0.1, -0.05) is 141 Å². The van der Waals surface area contributed by atoms with Crippen LogP contribution in [0.15, 0.2) is 24.3 Å². The first-order chi connectivity index (χ1) is 25.2. The number of aliphatic carboxylic acids is 1. The number of carboxylic acids is 1. The molecule has 10 nitrogen and oxygen atoms in total. The van der Waals surface area contributed by atoms with Crippen LogP contribution in [-0.2, 0) is 32.7 Å². The lowest BCUT2D eigenvalue weighted by molar-refractivity contribution is -0.154. The van der Waals surface area contributed by atoms with Crippen LogP contribution in [-0.4, -0.2) is 60.5 Å². The summed E-state index contributed by atoms with van der Waals surface area (Å²) in [5, 5.41) is 8.88. The Morgan fingerprint density at radius 2 is 1.00 bits per heavy atom. The molecule has 0 bridgehead atoms. The molecule has 0 aliphatic rings. The number of phosphoric acid groups is 1. The predicted molar refractivity (Wildman–Crippen MR) is 212 cm³/mol. The average molecular weight is 760 g/mol. The summed E-state index contributed by atoms with van der Waals surface area (Å²) in [5.74, 6) is -1.79. The topological polar surface area (TPSA) is 155 Å². The van der Waals surface area contributed by atoms with E-state index < -0.39 is 45.1 Å². The SMILES string of the molecule is CCCCCC/C=C\CCCCCCCCOCC(COP(=O)(O)OCC(N)C(=O)O)OC(=O)CCCCCCC/C=C\CCCCCCCCC. The standard InChI is InChI=1S/C41H78NO9P/c1-3-5-7-9-11-13-15-17-19-20-21-23-25-27-29-31-33-40(43)51-38(36-49-52(46,47)50-37-39(42)41(44)45)35-48-34-32-30-28-26-24-22-18-16-14-12-10-8-6-4-2/h14,16,19-20,38-39H,3-13,15,17-18,21-37,42H2,1-2H3,(H,44,45)(H,46,47)/b16-14-,20-19-. The molecule has 0 aliphatic carbocycles. The molecule has 0 radical (unpaired) electrons. The van der Waals surface area contributed by atoms with Crippen LogP contribution in [0.4, 0.5) is 0 Å². The minimum atomic E-state index is -4.61. The van der Waals surface area contributed by atoms with E-state index in [0.29, 0.717) is 13.0 Å². The first-order valence-electron chi connectivity index (χ1n) is 20.9. The molecule has 306 valence electrons. The van der Waals surface area contributed by atoms with Gasteiger partial charge in [-0.25, -0.2) is 4.57 Å². The number of allylic oxidation sites excluding steroid dienone is 4. The molecule has 0 rings (SSSR count). The number of carboxylic acid groups (broad SMARTS) is 1. The lowest BCUT2D eigenvalue weighted by Crippen LogP contribution is -2.34. The third-order valence-electron chi connectivity index (χ3n) is 8.95. The third kappa shape index (κ3) is 36.8. The summed E-state index contributed by atoms with van der Waals surface area (Å²) in [5.41, 5.74) is 5.35. The molecule has 3 atom stereocenters. The maximum Gasteiger partial charge on any atom is 0.472 e. The van der Waals surface area contributed by atoms with E-state index in [1.807, 2.05) is 0 Å². The Morgan fingerprint density at radius 1 is 0.596 bits per heavy atom. The molecule has 0 amide bonds. The van der Waals surface area contributed by atoms with Crippen LogP contribution in [0.5, 0.6) is 0 Å². The zero-order chi connectivity index (χ0) is 38.4. The molecule has 0 aromatic heterocycles. The van der Waals surface area contributed by atoms with Crippen LogP contribution in [0, 0.1) is 0 Å². The summed E-state index contributed by atoms with van der Waals surface area (Å²) in [6.45, 7) is 3.85. The minimum Gasteiger partial charge on any atom is -0.480 e. The fourth-order valence-corrected chi connectivity index (χ4v) is 6.43. The second kappa shape index (κ2) is 37.8. The van der Waals surface area contributed by atoms with Gasteiger partial charge in [0.2, 0.25) is 0 Å². The van der Waals surface area contributed by atoms with Crippen molar-refractivity contribution >= 4 is 19.8 Å². The normalized spacial score (nSPS) is 14.2. The van der Waals surface area contributed by atoms with Crippen molar-refractivity contribution in [2.24, 2.45) is 5.73 Å². The van der Waals surface area contributed by atoms with Crippen LogP contribution in [0.3, 0.4) is 0 Å². The van der Waals surface area contributed by atoms with Crippen LogP contribution >= 0.6 is 7.82 Å². The molecule has 0 heterocycles. The molecule has 0 saturated heterocycles. The van der Waals surface area contributed by atoms with Crippen LogP contribution in [0.1, 0.15) is 187 Å². The van der Waals surface area contributed by atoms with Crippen LogP contribution in [0.2, 0.25) is 0 Å². The van der Waals surface area contributed by atoms with Gasteiger partial charge in [0.15, 0.2) is 0 Å². The molecule has 0 spiro atoms. The van der Waals surface area contributed by atoms with Crippen molar-refractivity contribution in [3.8, 4) is 0 Å². The summed E-state index contributed by atoms with van der Waals surface area (Å²) < 4.78 is 33.3. The Bertz CT molecular complexity index is 930. The van der Waals surface area contributed by atoms with Crippen LogP contribution < -0.4 is 5.73 Å². The summed E-state index contributed by atoms with van der Waals surface area (Å²) in [6.07, 6.45) is 39.4. The van der Waals surface area contributed by atoms with E-state index >= 15 is 0 Å². The Labute approximate surface area is 317 Å². The smallest absolute Gasteiger partial charge is 0.472 e. The monoisotopic (exact) mass is 760 g/mol. The quantitative estimate of drug-likeness (QED) is 0.0238. The molecule has 0 saturated carbocycles. The maximum atomic E-state index is 12.6. The molecule has 0 aromatic carbocycles. The van der Waals surface area contributed by atoms with Gasteiger partial charge in [-0.2, -0.15) is 0 Å². The van der Waals surface area contributed by atoms with Gasteiger partial charge in [-0.05, 0) is 64.2 Å². The Balaban J connectivity index is 4.28. The first kappa shape index (κ1) is 50.5. The average Bonchev–Trinajstić information content (AvgIpc) is 3.12. The first-order valence-corrected chi connectivity index (χ1v) is 22.4. The molecule has 52 heavy (non-hydrogen) atoms. The third-order valence-corrected chi connectivity index (χ3v) is 9.90. The van der Waals surface area contributed by atoms with Gasteiger partial charge in [0.05, 0.1) is 19.8 Å². The molecule has 11 heteroatoms. The van der Waals surface area contributed by atoms with Crippen molar-refractivity contribution in [1.82, 2.24) is 0 Å². The Morgan fingerprint density at radius 3 is 1.48 bits per heavy atom. The van der Waals surface area contributed by atoms with Crippen molar-refractivity contribution in [3.05, 3.63) is 24.3 Å². The van der Waals surface area contributed by atoms with Gasteiger partial charge in [-0.15, -0.1) is 0 Å². The van der Waals surface area contributed by atoms with Crippen molar-refractivity contribution in [3.63, 3.8) is 0 Å². The second-order valence-corrected chi connectivity index (χ2v) is 15.6. The Hall–Kier alpha value is -1.55. The van der Waals surface area contributed by atoms with Crippen molar-refractivity contribution in [2.75, 3.05) is 26.4 Å².